The second-order valence-electron chi connectivity index (χ2n) is 5.63. The van der Waals surface area contributed by atoms with Crippen LogP contribution in [0.3, 0.4) is 0 Å². The maximum absolute atomic E-state index is 6.19. The zero-order valence-electron chi connectivity index (χ0n) is 12.8. The van der Waals surface area contributed by atoms with Crippen LogP contribution in [-0.2, 0) is 9.47 Å². The minimum Gasteiger partial charge on any atom is -0.381 e. The molecule has 1 atom stereocenters. The van der Waals surface area contributed by atoms with E-state index < -0.39 is 0 Å². The molecule has 2 rings (SSSR count). The fraction of sp³-hybridized carbons (Fsp3) is 0.647. The van der Waals surface area contributed by atoms with Crippen molar-refractivity contribution in [2.24, 2.45) is 5.92 Å². The van der Waals surface area contributed by atoms with Crippen LogP contribution in [0, 0.1) is 5.92 Å². The number of rotatable bonds is 8. The van der Waals surface area contributed by atoms with E-state index in [4.69, 9.17) is 21.1 Å². The van der Waals surface area contributed by atoms with Crippen LogP contribution in [0.15, 0.2) is 24.3 Å². The van der Waals surface area contributed by atoms with Gasteiger partial charge in [0.1, 0.15) is 0 Å². The standard InChI is InChI=1S/C17H26ClNO2/c1-2-9-19-12-17(15-3-5-16(18)6-4-15)21-13-14-7-10-20-11-8-14/h3-6,14,17,19H,2,7-13H2,1H3. The molecule has 0 aliphatic carbocycles. The number of hydrogen-bond donors (Lipinski definition) is 1. The van der Waals surface area contributed by atoms with E-state index in [0.717, 1.165) is 57.2 Å². The van der Waals surface area contributed by atoms with Gasteiger partial charge in [0, 0.05) is 24.8 Å². The van der Waals surface area contributed by atoms with Crippen molar-refractivity contribution in [2.75, 3.05) is 32.9 Å². The molecule has 118 valence electrons. The van der Waals surface area contributed by atoms with Crippen LogP contribution in [-0.4, -0.2) is 32.9 Å². The lowest BCUT2D eigenvalue weighted by Crippen LogP contribution is -2.27. The van der Waals surface area contributed by atoms with Gasteiger partial charge in [-0.2, -0.15) is 0 Å². The first kappa shape index (κ1) is 16.8. The van der Waals surface area contributed by atoms with E-state index in [2.05, 4.69) is 24.4 Å². The van der Waals surface area contributed by atoms with Gasteiger partial charge in [-0.15, -0.1) is 0 Å². The Kier molecular flexibility index (Phi) is 7.51. The molecule has 4 heteroatoms. The van der Waals surface area contributed by atoms with E-state index in [1.54, 1.807) is 0 Å². The first-order valence-corrected chi connectivity index (χ1v) is 8.33. The monoisotopic (exact) mass is 311 g/mol. The average Bonchev–Trinajstić information content (AvgIpc) is 2.53. The Balaban J connectivity index is 1.89. The average molecular weight is 312 g/mol. The normalized spacial score (nSPS) is 17.8. The van der Waals surface area contributed by atoms with Crippen molar-refractivity contribution in [1.29, 1.82) is 0 Å². The Labute approximate surface area is 133 Å². The summed E-state index contributed by atoms with van der Waals surface area (Å²) in [6.45, 7) is 6.59. The fourth-order valence-electron chi connectivity index (χ4n) is 2.53. The van der Waals surface area contributed by atoms with Gasteiger partial charge in [-0.05, 0) is 49.4 Å². The highest BCUT2D eigenvalue weighted by Crippen LogP contribution is 2.22. The molecule has 0 bridgehead atoms. The van der Waals surface area contributed by atoms with Gasteiger partial charge in [0.25, 0.3) is 0 Å². The number of nitrogens with one attached hydrogen (secondary N) is 1. The molecule has 1 heterocycles. The zero-order valence-corrected chi connectivity index (χ0v) is 13.6. The molecule has 0 spiro atoms. The largest absolute Gasteiger partial charge is 0.381 e. The first-order valence-electron chi connectivity index (χ1n) is 7.95. The van der Waals surface area contributed by atoms with Gasteiger partial charge >= 0.3 is 0 Å². The zero-order chi connectivity index (χ0) is 14.9. The number of ether oxygens (including phenoxy) is 2. The Morgan fingerprint density at radius 1 is 1.29 bits per heavy atom. The summed E-state index contributed by atoms with van der Waals surface area (Å²) in [5.41, 5.74) is 1.19. The van der Waals surface area contributed by atoms with Gasteiger partial charge in [-0.3, -0.25) is 0 Å². The SMILES string of the molecule is CCCNCC(OCC1CCOCC1)c1ccc(Cl)cc1. The van der Waals surface area contributed by atoms with Crippen molar-refractivity contribution in [1.82, 2.24) is 5.32 Å². The van der Waals surface area contributed by atoms with Crippen molar-refractivity contribution >= 4 is 11.6 Å². The summed E-state index contributed by atoms with van der Waals surface area (Å²) in [6.07, 6.45) is 3.44. The van der Waals surface area contributed by atoms with E-state index in [9.17, 15) is 0 Å². The molecule has 21 heavy (non-hydrogen) atoms. The van der Waals surface area contributed by atoms with Crippen LogP contribution in [0.25, 0.3) is 0 Å². The minimum absolute atomic E-state index is 0.0941. The Bertz CT molecular complexity index is 390. The Morgan fingerprint density at radius 2 is 2.00 bits per heavy atom. The van der Waals surface area contributed by atoms with Crippen LogP contribution in [0.4, 0.5) is 0 Å². The number of benzene rings is 1. The molecule has 1 aliphatic heterocycles. The van der Waals surface area contributed by atoms with Crippen molar-refractivity contribution in [2.45, 2.75) is 32.3 Å². The molecule has 1 saturated heterocycles. The summed E-state index contributed by atoms with van der Waals surface area (Å²) < 4.78 is 11.6. The molecular formula is C17H26ClNO2. The molecule has 0 amide bonds. The Morgan fingerprint density at radius 3 is 2.67 bits per heavy atom. The van der Waals surface area contributed by atoms with E-state index in [0.29, 0.717) is 5.92 Å². The summed E-state index contributed by atoms with van der Waals surface area (Å²) in [4.78, 5) is 0. The quantitative estimate of drug-likeness (QED) is 0.740. The van der Waals surface area contributed by atoms with Gasteiger partial charge in [-0.25, -0.2) is 0 Å². The molecular weight excluding hydrogens is 286 g/mol. The molecule has 0 radical (unpaired) electrons. The molecule has 3 nitrogen and oxygen atoms in total. The first-order chi connectivity index (χ1) is 10.3. The van der Waals surface area contributed by atoms with E-state index in [-0.39, 0.29) is 6.10 Å². The van der Waals surface area contributed by atoms with Crippen LogP contribution in [0.5, 0.6) is 0 Å². The minimum atomic E-state index is 0.0941. The van der Waals surface area contributed by atoms with Gasteiger partial charge in [0.2, 0.25) is 0 Å². The van der Waals surface area contributed by atoms with Gasteiger partial charge in [-0.1, -0.05) is 30.7 Å². The van der Waals surface area contributed by atoms with E-state index in [1.165, 1.54) is 5.56 Å². The maximum atomic E-state index is 6.19. The van der Waals surface area contributed by atoms with Gasteiger partial charge < -0.3 is 14.8 Å². The molecule has 1 aromatic rings. The third-order valence-corrected chi connectivity index (χ3v) is 4.12. The number of halogens is 1. The maximum Gasteiger partial charge on any atom is 0.0949 e. The third-order valence-electron chi connectivity index (χ3n) is 3.87. The van der Waals surface area contributed by atoms with Crippen LogP contribution in [0.1, 0.15) is 37.9 Å². The highest BCUT2D eigenvalue weighted by atomic mass is 35.5. The Hall–Kier alpha value is -0.610. The highest BCUT2D eigenvalue weighted by Gasteiger charge is 2.18. The van der Waals surface area contributed by atoms with Crippen molar-refractivity contribution in [3.05, 3.63) is 34.9 Å². The number of hydrogen-bond acceptors (Lipinski definition) is 3. The smallest absolute Gasteiger partial charge is 0.0949 e. The lowest BCUT2D eigenvalue weighted by atomic mass is 10.0. The summed E-state index contributed by atoms with van der Waals surface area (Å²) >= 11 is 5.97. The highest BCUT2D eigenvalue weighted by molar-refractivity contribution is 6.30. The molecule has 1 fully saturated rings. The molecule has 0 saturated carbocycles. The van der Waals surface area contributed by atoms with Crippen molar-refractivity contribution in [3.8, 4) is 0 Å². The van der Waals surface area contributed by atoms with E-state index >= 15 is 0 Å². The molecule has 1 aromatic carbocycles. The summed E-state index contributed by atoms with van der Waals surface area (Å²) in [6, 6.07) is 7.98. The predicted molar refractivity (Wildman–Crippen MR) is 86.8 cm³/mol. The summed E-state index contributed by atoms with van der Waals surface area (Å²) in [7, 11) is 0. The second kappa shape index (κ2) is 9.42. The van der Waals surface area contributed by atoms with Crippen LogP contribution in [0.2, 0.25) is 5.02 Å². The third kappa shape index (κ3) is 5.95. The van der Waals surface area contributed by atoms with Crippen LogP contribution < -0.4 is 5.32 Å². The van der Waals surface area contributed by atoms with Gasteiger partial charge in [0.05, 0.1) is 12.7 Å². The lowest BCUT2D eigenvalue weighted by molar-refractivity contribution is -0.0113. The molecule has 1 N–H and O–H groups in total. The summed E-state index contributed by atoms with van der Waals surface area (Å²) in [5, 5.41) is 4.22. The lowest BCUT2D eigenvalue weighted by Gasteiger charge is -2.25. The molecule has 1 aliphatic rings. The second-order valence-corrected chi connectivity index (χ2v) is 6.07. The predicted octanol–water partition coefficient (Wildman–Crippen LogP) is 3.82. The van der Waals surface area contributed by atoms with Gasteiger partial charge in [0.15, 0.2) is 0 Å². The summed E-state index contributed by atoms with van der Waals surface area (Å²) in [5.74, 6) is 0.625. The fourth-order valence-corrected chi connectivity index (χ4v) is 2.65. The van der Waals surface area contributed by atoms with Crippen molar-refractivity contribution < 1.29 is 9.47 Å². The molecule has 0 aromatic heterocycles. The van der Waals surface area contributed by atoms with Crippen molar-refractivity contribution in [3.63, 3.8) is 0 Å². The van der Waals surface area contributed by atoms with E-state index in [1.807, 2.05) is 12.1 Å². The van der Waals surface area contributed by atoms with Crippen LogP contribution >= 0.6 is 11.6 Å². The topological polar surface area (TPSA) is 30.5 Å². The molecule has 1 unspecified atom stereocenters.